The Morgan fingerprint density at radius 3 is 2.81 bits per heavy atom. The SMILES string of the molecule is Cc1c(-c2cc3n(n2)CC(C2C=CC(OC(F)(F)F)=CC2)CC3)[nH]c2ccccc2c1=O. The van der Waals surface area contributed by atoms with Crippen molar-refractivity contribution in [3.8, 4) is 11.4 Å². The Bertz CT molecular complexity index is 1300. The summed E-state index contributed by atoms with van der Waals surface area (Å²) in [4.78, 5) is 16.1. The van der Waals surface area contributed by atoms with E-state index in [-0.39, 0.29) is 23.0 Å². The molecule has 1 aromatic carbocycles. The van der Waals surface area contributed by atoms with Crippen molar-refractivity contribution >= 4 is 10.9 Å². The first-order valence-electron chi connectivity index (χ1n) is 10.6. The standard InChI is InChI=1S/C24H22F3N3O2/c1-14-22(28-20-5-3-2-4-19(20)23(14)31)21-12-17-9-6-16(13-30(17)29-21)15-7-10-18(11-8-15)32-24(25,26)27/h2-5,7,10-12,15-16H,6,8-9,13H2,1H3,(H,28,31). The van der Waals surface area contributed by atoms with Gasteiger partial charge >= 0.3 is 6.36 Å². The summed E-state index contributed by atoms with van der Waals surface area (Å²) < 4.78 is 43.2. The van der Waals surface area contributed by atoms with Gasteiger partial charge in [0.05, 0.1) is 5.69 Å². The van der Waals surface area contributed by atoms with Crippen LogP contribution >= 0.6 is 0 Å². The fraction of sp³-hybridized carbons (Fsp3) is 0.333. The second-order valence-electron chi connectivity index (χ2n) is 8.41. The van der Waals surface area contributed by atoms with Gasteiger partial charge in [-0.25, -0.2) is 0 Å². The lowest BCUT2D eigenvalue weighted by Gasteiger charge is -2.30. The summed E-state index contributed by atoms with van der Waals surface area (Å²) >= 11 is 0. The highest BCUT2D eigenvalue weighted by atomic mass is 19.4. The van der Waals surface area contributed by atoms with E-state index in [1.165, 1.54) is 12.2 Å². The summed E-state index contributed by atoms with van der Waals surface area (Å²) in [5.74, 6) is 0.257. The quantitative estimate of drug-likeness (QED) is 0.603. The summed E-state index contributed by atoms with van der Waals surface area (Å²) in [6, 6.07) is 9.45. The third kappa shape index (κ3) is 3.85. The number of fused-ring (bicyclic) bond motifs is 2. The number of benzene rings is 1. The molecular weight excluding hydrogens is 419 g/mol. The first kappa shape index (κ1) is 20.6. The number of para-hydroxylation sites is 1. The maximum absolute atomic E-state index is 12.8. The highest BCUT2D eigenvalue weighted by molar-refractivity contribution is 5.82. The number of nitrogens with one attached hydrogen (secondary N) is 1. The van der Waals surface area contributed by atoms with Crippen LogP contribution in [0.2, 0.25) is 0 Å². The van der Waals surface area contributed by atoms with Gasteiger partial charge in [-0.1, -0.05) is 18.2 Å². The van der Waals surface area contributed by atoms with Gasteiger partial charge < -0.3 is 9.72 Å². The van der Waals surface area contributed by atoms with Gasteiger partial charge in [0.2, 0.25) is 0 Å². The van der Waals surface area contributed by atoms with Gasteiger partial charge in [-0.3, -0.25) is 9.48 Å². The molecule has 0 saturated heterocycles. The second-order valence-corrected chi connectivity index (χ2v) is 8.41. The lowest BCUT2D eigenvalue weighted by molar-refractivity contribution is -0.303. The normalized spacial score (nSPS) is 20.8. The molecule has 2 unspecified atom stereocenters. The summed E-state index contributed by atoms with van der Waals surface area (Å²) in [5, 5.41) is 5.43. The van der Waals surface area contributed by atoms with Crippen LogP contribution in [0, 0.1) is 18.8 Å². The van der Waals surface area contributed by atoms with Crippen LogP contribution in [-0.2, 0) is 17.7 Å². The molecule has 0 fully saturated rings. The molecule has 0 bridgehead atoms. The Morgan fingerprint density at radius 2 is 2.06 bits per heavy atom. The molecule has 0 spiro atoms. The summed E-state index contributed by atoms with van der Waals surface area (Å²) in [6.07, 6.45) is 2.32. The monoisotopic (exact) mass is 441 g/mol. The summed E-state index contributed by atoms with van der Waals surface area (Å²) in [6.45, 7) is 2.49. The first-order valence-corrected chi connectivity index (χ1v) is 10.6. The zero-order chi connectivity index (χ0) is 22.5. The Hall–Kier alpha value is -3.29. The van der Waals surface area contributed by atoms with Crippen molar-refractivity contribution in [2.75, 3.05) is 0 Å². The van der Waals surface area contributed by atoms with E-state index >= 15 is 0 Å². The van der Waals surface area contributed by atoms with Gasteiger partial charge in [-0.05, 0) is 68.4 Å². The van der Waals surface area contributed by atoms with Gasteiger partial charge in [0.15, 0.2) is 5.43 Å². The number of pyridine rings is 1. The van der Waals surface area contributed by atoms with Crippen molar-refractivity contribution in [3.05, 3.63) is 75.8 Å². The second kappa shape index (κ2) is 7.69. The predicted octanol–water partition coefficient (Wildman–Crippen LogP) is 5.26. The number of H-pyrrole nitrogens is 1. The highest BCUT2D eigenvalue weighted by Gasteiger charge is 2.33. The molecule has 3 heterocycles. The minimum absolute atomic E-state index is 0.00536. The molecule has 166 valence electrons. The Kier molecular flexibility index (Phi) is 4.95. The Morgan fingerprint density at radius 1 is 1.25 bits per heavy atom. The van der Waals surface area contributed by atoms with Crippen LogP contribution in [0.1, 0.15) is 24.1 Å². The predicted molar refractivity (Wildman–Crippen MR) is 115 cm³/mol. The van der Waals surface area contributed by atoms with E-state index in [2.05, 4.69) is 9.72 Å². The summed E-state index contributed by atoms with van der Waals surface area (Å²) in [5.41, 5.74) is 3.96. The smallest absolute Gasteiger partial charge is 0.406 e. The maximum Gasteiger partial charge on any atom is 0.573 e. The van der Waals surface area contributed by atoms with Crippen molar-refractivity contribution in [2.45, 2.75) is 39.1 Å². The molecule has 8 heteroatoms. The Labute approximate surface area is 182 Å². The van der Waals surface area contributed by atoms with Gasteiger partial charge in [0.25, 0.3) is 0 Å². The largest absolute Gasteiger partial charge is 0.573 e. The lowest BCUT2D eigenvalue weighted by Crippen LogP contribution is -2.27. The molecular formula is C24H22F3N3O2. The molecule has 2 aliphatic rings. The van der Waals surface area contributed by atoms with Crippen molar-refractivity contribution in [1.29, 1.82) is 0 Å². The van der Waals surface area contributed by atoms with E-state index in [1.54, 1.807) is 0 Å². The fourth-order valence-electron chi connectivity index (χ4n) is 4.70. The van der Waals surface area contributed by atoms with Crippen LogP contribution in [0.15, 0.2) is 59.1 Å². The molecule has 1 aliphatic heterocycles. The minimum Gasteiger partial charge on any atom is -0.406 e. The van der Waals surface area contributed by atoms with Crippen molar-refractivity contribution in [1.82, 2.24) is 14.8 Å². The fourth-order valence-corrected chi connectivity index (χ4v) is 4.70. The van der Waals surface area contributed by atoms with E-state index in [0.29, 0.717) is 23.9 Å². The van der Waals surface area contributed by atoms with E-state index < -0.39 is 6.36 Å². The number of allylic oxidation sites excluding steroid dienone is 3. The molecule has 3 aromatic rings. The molecule has 0 amide bonds. The van der Waals surface area contributed by atoms with Crippen LogP contribution < -0.4 is 5.43 Å². The van der Waals surface area contributed by atoms with Crippen LogP contribution in [0.4, 0.5) is 13.2 Å². The number of aromatic nitrogens is 3. The van der Waals surface area contributed by atoms with Gasteiger partial charge in [0, 0.05) is 28.7 Å². The molecule has 1 N–H and O–H groups in total. The molecule has 0 saturated carbocycles. The summed E-state index contributed by atoms with van der Waals surface area (Å²) in [7, 11) is 0. The number of aryl methyl sites for hydroxylation is 1. The molecule has 2 atom stereocenters. The molecule has 2 aromatic heterocycles. The number of aromatic amines is 1. The van der Waals surface area contributed by atoms with Gasteiger partial charge in [-0.15, -0.1) is 13.2 Å². The minimum atomic E-state index is -4.67. The first-order chi connectivity index (χ1) is 15.3. The number of hydrogen-bond acceptors (Lipinski definition) is 3. The number of ether oxygens (including phenoxy) is 1. The van der Waals surface area contributed by atoms with Crippen molar-refractivity contribution in [3.63, 3.8) is 0 Å². The number of hydrogen-bond donors (Lipinski definition) is 1. The topological polar surface area (TPSA) is 59.9 Å². The lowest BCUT2D eigenvalue weighted by atomic mass is 9.82. The van der Waals surface area contributed by atoms with Crippen LogP contribution in [-0.4, -0.2) is 21.1 Å². The van der Waals surface area contributed by atoms with Crippen molar-refractivity contribution < 1.29 is 17.9 Å². The van der Waals surface area contributed by atoms with Crippen LogP contribution in [0.25, 0.3) is 22.3 Å². The van der Waals surface area contributed by atoms with Gasteiger partial charge in [0.1, 0.15) is 11.5 Å². The number of nitrogens with zero attached hydrogens (tertiary/aromatic N) is 2. The molecule has 5 rings (SSSR count). The van der Waals surface area contributed by atoms with E-state index in [0.717, 1.165) is 35.4 Å². The highest BCUT2D eigenvalue weighted by Crippen LogP contribution is 2.34. The zero-order valence-corrected chi connectivity index (χ0v) is 17.4. The molecule has 32 heavy (non-hydrogen) atoms. The zero-order valence-electron chi connectivity index (χ0n) is 17.4. The average molecular weight is 441 g/mol. The van der Waals surface area contributed by atoms with Crippen LogP contribution in [0.3, 0.4) is 0 Å². The Balaban J connectivity index is 1.37. The molecule has 1 aliphatic carbocycles. The van der Waals surface area contributed by atoms with Gasteiger partial charge in [-0.2, -0.15) is 5.10 Å². The number of alkyl halides is 3. The molecule has 0 radical (unpaired) electrons. The third-order valence-electron chi connectivity index (χ3n) is 6.38. The number of rotatable bonds is 3. The average Bonchev–Trinajstić information content (AvgIpc) is 3.19. The third-order valence-corrected chi connectivity index (χ3v) is 6.38. The molecule has 5 nitrogen and oxygen atoms in total. The maximum atomic E-state index is 12.8. The van der Waals surface area contributed by atoms with E-state index in [9.17, 15) is 18.0 Å². The van der Waals surface area contributed by atoms with Crippen molar-refractivity contribution in [2.24, 2.45) is 11.8 Å². The number of halogens is 3. The van der Waals surface area contributed by atoms with E-state index in [1.807, 2.05) is 48.0 Å². The van der Waals surface area contributed by atoms with E-state index in [4.69, 9.17) is 5.10 Å². The van der Waals surface area contributed by atoms with Crippen LogP contribution in [0.5, 0.6) is 0 Å².